The van der Waals surface area contributed by atoms with Crippen LogP contribution in [0.3, 0.4) is 0 Å². The van der Waals surface area contributed by atoms with Gasteiger partial charge in [-0.2, -0.15) is 0 Å². The number of alkyl carbamates (subject to hydrolysis) is 1. The molecule has 8 heteroatoms. The van der Waals surface area contributed by atoms with Crippen LogP contribution in [0.5, 0.6) is 0 Å². The van der Waals surface area contributed by atoms with Crippen molar-refractivity contribution in [3.05, 3.63) is 82.4 Å². The normalized spacial score (nSPS) is 17.1. The molecule has 4 rings (SSSR count). The Morgan fingerprint density at radius 1 is 1.09 bits per heavy atom. The largest absolute Gasteiger partial charge is 0.492 e. The molecule has 1 saturated heterocycles. The Kier molecular flexibility index (Phi) is 6.98. The number of fused-ring (bicyclic) bond motifs is 1. The van der Waals surface area contributed by atoms with Gasteiger partial charge in [-0.05, 0) is 62.5 Å². The smallest absolute Gasteiger partial charge is 0.445 e. The van der Waals surface area contributed by atoms with Gasteiger partial charge in [0.05, 0.1) is 21.7 Å². The number of carbonyl (C=O) groups excluding carboxylic acids is 1. The van der Waals surface area contributed by atoms with Crippen LogP contribution in [-0.2, 0) is 20.7 Å². The van der Waals surface area contributed by atoms with E-state index in [0.717, 1.165) is 27.5 Å². The molecule has 34 heavy (non-hydrogen) atoms. The lowest BCUT2D eigenvalue weighted by molar-refractivity contribution is 0.00578. The molecule has 0 aliphatic carbocycles. The summed E-state index contributed by atoms with van der Waals surface area (Å²) >= 11 is 6.37. The zero-order valence-corrected chi connectivity index (χ0v) is 20.6. The van der Waals surface area contributed by atoms with Gasteiger partial charge < -0.3 is 19.4 Å². The molecule has 176 valence electrons. The predicted octanol–water partition coefficient (Wildman–Crippen LogP) is 5.83. The molecule has 3 aromatic rings. The number of aromatic nitrogens is 1. The summed E-state index contributed by atoms with van der Waals surface area (Å²) < 4.78 is 17.9. The fourth-order valence-electron chi connectivity index (χ4n) is 3.58. The minimum atomic E-state index is -0.625. The molecule has 1 aromatic heterocycles. The minimum absolute atomic E-state index is 0.193. The van der Waals surface area contributed by atoms with Crippen LogP contribution in [0.15, 0.2) is 66.3 Å². The van der Waals surface area contributed by atoms with Gasteiger partial charge in [0.2, 0.25) is 0 Å². The maximum Gasteiger partial charge on any atom is 0.492 e. The van der Waals surface area contributed by atoms with Gasteiger partial charge in [0, 0.05) is 18.1 Å². The van der Waals surface area contributed by atoms with Crippen LogP contribution >= 0.6 is 11.6 Å². The van der Waals surface area contributed by atoms with E-state index in [1.54, 1.807) is 12.3 Å². The predicted molar refractivity (Wildman–Crippen MR) is 135 cm³/mol. The first-order valence-corrected chi connectivity index (χ1v) is 11.6. The molecule has 0 bridgehead atoms. The summed E-state index contributed by atoms with van der Waals surface area (Å²) in [5.74, 6) is 0. The molecule has 0 atom stereocenters. The van der Waals surface area contributed by atoms with E-state index in [2.05, 4.69) is 10.3 Å². The Morgan fingerprint density at radius 2 is 1.79 bits per heavy atom. The fraction of sp³-hybridized carbons (Fsp3) is 0.308. The minimum Gasteiger partial charge on any atom is -0.445 e. The molecule has 6 nitrogen and oxygen atoms in total. The molecule has 1 amide bonds. The molecule has 0 radical (unpaired) electrons. The van der Waals surface area contributed by atoms with E-state index in [1.165, 1.54) is 0 Å². The highest BCUT2D eigenvalue weighted by Crippen LogP contribution is 2.39. The first-order valence-electron chi connectivity index (χ1n) is 11.2. The van der Waals surface area contributed by atoms with E-state index in [9.17, 15) is 4.79 Å². The van der Waals surface area contributed by atoms with Gasteiger partial charge in [-0.25, -0.2) is 4.79 Å². The van der Waals surface area contributed by atoms with Gasteiger partial charge in [0.15, 0.2) is 0 Å². The van der Waals surface area contributed by atoms with Gasteiger partial charge in [0.25, 0.3) is 0 Å². The summed E-state index contributed by atoms with van der Waals surface area (Å²) in [6.45, 7) is 8.37. The van der Waals surface area contributed by atoms with Crippen LogP contribution in [0.1, 0.15) is 38.8 Å². The van der Waals surface area contributed by atoms with E-state index < -0.39 is 24.4 Å². The molecule has 0 saturated carbocycles. The van der Waals surface area contributed by atoms with Crippen molar-refractivity contribution in [1.82, 2.24) is 10.3 Å². The molecule has 1 aliphatic rings. The van der Waals surface area contributed by atoms with Crippen molar-refractivity contribution in [2.75, 3.05) is 6.54 Å². The zero-order chi connectivity index (χ0) is 24.3. The quantitative estimate of drug-likeness (QED) is 0.451. The molecular formula is C26H28BClN2O4. The first kappa shape index (κ1) is 24.3. The van der Waals surface area contributed by atoms with Crippen molar-refractivity contribution >= 4 is 41.8 Å². The van der Waals surface area contributed by atoms with Crippen molar-refractivity contribution in [3.8, 4) is 0 Å². The van der Waals surface area contributed by atoms with E-state index in [1.807, 2.05) is 82.3 Å². The van der Waals surface area contributed by atoms with E-state index in [4.69, 9.17) is 25.6 Å². The standard InChI is InChI=1S/C26H28BClN2O4/c1-25(2)26(3,4)34-27(33-25)20(16-30-24(31)32-17-18-8-6-5-7-9-18)14-19-10-11-23-21(15-19)22(28)12-13-29-23/h5-15H,16-17H2,1-4H3,(H,30,31). The van der Waals surface area contributed by atoms with Gasteiger partial charge in [-0.15, -0.1) is 0 Å². The summed E-state index contributed by atoms with van der Waals surface area (Å²) in [5.41, 5.74) is 2.36. The zero-order valence-electron chi connectivity index (χ0n) is 19.8. The lowest BCUT2D eigenvalue weighted by Crippen LogP contribution is -2.41. The second kappa shape index (κ2) is 9.78. The van der Waals surface area contributed by atoms with Gasteiger partial charge in [-0.1, -0.05) is 54.1 Å². The Hall–Kier alpha value is -2.87. The van der Waals surface area contributed by atoms with E-state index in [-0.39, 0.29) is 13.2 Å². The number of benzene rings is 2. The Labute approximate surface area is 205 Å². The summed E-state index contributed by atoms with van der Waals surface area (Å²) in [5, 5.41) is 4.30. The third-order valence-corrected chi connectivity index (χ3v) is 6.60. The van der Waals surface area contributed by atoms with Crippen molar-refractivity contribution in [1.29, 1.82) is 0 Å². The van der Waals surface area contributed by atoms with E-state index >= 15 is 0 Å². The summed E-state index contributed by atoms with van der Waals surface area (Å²) in [7, 11) is -0.625. The van der Waals surface area contributed by atoms with E-state index in [0.29, 0.717) is 5.02 Å². The van der Waals surface area contributed by atoms with Crippen LogP contribution in [-0.4, -0.2) is 35.9 Å². The second-order valence-electron chi connectivity index (χ2n) is 9.29. The van der Waals surface area contributed by atoms with Crippen molar-refractivity contribution < 1.29 is 18.8 Å². The molecule has 1 fully saturated rings. The molecule has 0 unspecified atom stereocenters. The molecule has 2 aromatic carbocycles. The average Bonchev–Trinajstić information content (AvgIpc) is 3.03. The van der Waals surface area contributed by atoms with Crippen molar-refractivity contribution in [2.24, 2.45) is 0 Å². The number of halogens is 1. The number of rotatable bonds is 6. The number of amides is 1. The summed E-state index contributed by atoms with van der Waals surface area (Å²) in [6, 6.07) is 17.1. The summed E-state index contributed by atoms with van der Waals surface area (Å²) in [6.07, 6.45) is 3.11. The number of hydrogen-bond donors (Lipinski definition) is 1. The SMILES string of the molecule is CC1(C)OB(C(=Cc2ccc3nccc(Cl)c3c2)CNC(=O)OCc2ccccc2)OC1(C)C. The number of carbonyl (C=O) groups is 1. The highest BCUT2D eigenvalue weighted by atomic mass is 35.5. The topological polar surface area (TPSA) is 69.7 Å². The third-order valence-electron chi connectivity index (χ3n) is 6.27. The number of pyridine rings is 1. The first-order chi connectivity index (χ1) is 16.1. The van der Waals surface area contributed by atoms with Gasteiger partial charge in [0.1, 0.15) is 6.61 Å². The molecule has 1 N–H and O–H groups in total. The van der Waals surface area contributed by atoms with Crippen molar-refractivity contribution in [3.63, 3.8) is 0 Å². The number of ether oxygens (including phenoxy) is 1. The molecule has 1 aliphatic heterocycles. The Morgan fingerprint density at radius 3 is 2.50 bits per heavy atom. The lowest BCUT2D eigenvalue weighted by atomic mass is 9.77. The Balaban J connectivity index is 1.55. The number of hydrogen-bond acceptors (Lipinski definition) is 5. The number of nitrogens with zero attached hydrogens (tertiary/aromatic N) is 1. The second-order valence-corrected chi connectivity index (χ2v) is 9.70. The number of nitrogens with one attached hydrogen (secondary N) is 1. The fourth-order valence-corrected chi connectivity index (χ4v) is 3.79. The van der Waals surface area contributed by atoms with Crippen LogP contribution in [0.4, 0.5) is 4.79 Å². The van der Waals surface area contributed by atoms with Crippen LogP contribution in [0.2, 0.25) is 5.02 Å². The maximum atomic E-state index is 12.4. The van der Waals surface area contributed by atoms with Crippen LogP contribution < -0.4 is 5.32 Å². The third kappa shape index (κ3) is 5.44. The Bertz CT molecular complexity index is 1200. The highest BCUT2D eigenvalue weighted by molar-refractivity contribution is 6.56. The van der Waals surface area contributed by atoms with Gasteiger partial charge >= 0.3 is 13.2 Å². The van der Waals surface area contributed by atoms with Gasteiger partial charge in [-0.3, -0.25) is 4.98 Å². The molecular weight excluding hydrogens is 451 g/mol. The monoisotopic (exact) mass is 478 g/mol. The van der Waals surface area contributed by atoms with Crippen LogP contribution in [0.25, 0.3) is 17.0 Å². The summed E-state index contributed by atoms with van der Waals surface area (Å²) in [4.78, 5) is 16.7. The molecule has 2 heterocycles. The highest BCUT2D eigenvalue weighted by Gasteiger charge is 2.52. The maximum absolute atomic E-state index is 12.4. The molecule has 0 spiro atoms. The van der Waals surface area contributed by atoms with Crippen molar-refractivity contribution in [2.45, 2.75) is 45.5 Å². The van der Waals surface area contributed by atoms with Crippen LogP contribution in [0, 0.1) is 0 Å². The average molecular weight is 479 g/mol. The lowest BCUT2D eigenvalue weighted by Gasteiger charge is -2.32.